The second kappa shape index (κ2) is 5.23. The van der Waals surface area contributed by atoms with Crippen LogP contribution in [0.2, 0.25) is 0 Å². The van der Waals surface area contributed by atoms with Gasteiger partial charge in [-0.15, -0.1) is 0 Å². The molecule has 2 fully saturated rings. The Bertz CT molecular complexity index is 639. The molecule has 2 aliphatic rings. The first-order valence-electron chi connectivity index (χ1n) is 7.59. The maximum absolute atomic E-state index is 11.5. The van der Waals surface area contributed by atoms with Crippen molar-refractivity contribution < 1.29 is 9.85 Å². The van der Waals surface area contributed by atoms with Gasteiger partial charge in [-0.25, -0.2) is 0 Å². The number of benzene rings is 1. The van der Waals surface area contributed by atoms with Crippen molar-refractivity contribution >= 4 is 17.1 Å². The van der Waals surface area contributed by atoms with Crippen LogP contribution in [0.3, 0.4) is 0 Å². The smallest absolute Gasteiger partial charge is 0.302 e. The van der Waals surface area contributed by atoms with E-state index in [1.807, 2.05) is 0 Å². The Hall–Kier alpha value is -2.18. The number of aryl methyl sites for hydroxylation is 1. The molecule has 1 aromatic rings. The van der Waals surface area contributed by atoms with Crippen LogP contribution in [0, 0.1) is 45.9 Å². The molecule has 3 rings (SSSR count). The first-order chi connectivity index (χ1) is 10.4. The van der Waals surface area contributed by atoms with E-state index in [2.05, 4.69) is 5.32 Å². The normalized spacial score (nSPS) is 17.6. The summed E-state index contributed by atoms with van der Waals surface area (Å²) in [5.41, 5.74) is 0.794. The van der Waals surface area contributed by atoms with Gasteiger partial charge >= 0.3 is 5.69 Å². The van der Waals surface area contributed by atoms with E-state index < -0.39 is 9.85 Å². The molecular formula is C15H19N3O4. The summed E-state index contributed by atoms with van der Waals surface area (Å²) in [6.07, 6.45) is 4.39. The van der Waals surface area contributed by atoms with E-state index in [9.17, 15) is 20.2 Å². The van der Waals surface area contributed by atoms with Gasteiger partial charge in [0.1, 0.15) is 0 Å². The quantitative estimate of drug-likeness (QED) is 0.638. The van der Waals surface area contributed by atoms with Crippen molar-refractivity contribution in [1.29, 1.82) is 0 Å². The van der Waals surface area contributed by atoms with Gasteiger partial charge in [0.05, 0.1) is 9.85 Å². The van der Waals surface area contributed by atoms with Crippen molar-refractivity contribution in [3.05, 3.63) is 37.4 Å². The number of nitrogens with zero attached hydrogens (tertiary/aromatic N) is 2. The number of nitrogens with one attached hydrogen (secondary N) is 1. The molecule has 0 aliphatic heterocycles. The predicted octanol–water partition coefficient (Wildman–Crippen LogP) is 3.72. The fourth-order valence-corrected chi connectivity index (χ4v) is 3.09. The molecule has 2 saturated carbocycles. The van der Waals surface area contributed by atoms with Crippen LogP contribution in [0.4, 0.5) is 17.1 Å². The minimum absolute atomic E-state index is 0.0851. The molecule has 0 unspecified atom stereocenters. The third kappa shape index (κ3) is 2.63. The Morgan fingerprint density at radius 3 is 2.05 bits per heavy atom. The van der Waals surface area contributed by atoms with E-state index in [0.29, 0.717) is 23.0 Å². The summed E-state index contributed by atoms with van der Waals surface area (Å²) in [4.78, 5) is 21.8. The second-order valence-electron chi connectivity index (χ2n) is 6.42. The molecule has 0 aromatic heterocycles. The maximum Gasteiger partial charge on any atom is 0.302 e. The number of hydrogen-bond donors (Lipinski definition) is 1. The second-order valence-corrected chi connectivity index (χ2v) is 6.42. The molecular weight excluding hydrogens is 286 g/mol. The fraction of sp³-hybridized carbons (Fsp3) is 0.600. The van der Waals surface area contributed by atoms with Crippen molar-refractivity contribution in [3.8, 4) is 0 Å². The third-order valence-electron chi connectivity index (χ3n) is 4.74. The maximum atomic E-state index is 11.5. The van der Waals surface area contributed by atoms with Crippen LogP contribution in [0.5, 0.6) is 0 Å². The molecule has 0 saturated heterocycles. The first-order valence-corrected chi connectivity index (χ1v) is 7.59. The fourth-order valence-electron chi connectivity index (χ4n) is 3.09. The van der Waals surface area contributed by atoms with Crippen molar-refractivity contribution in [1.82, 2.24) is 0 Å². The summed E-state index contributed by atoms with van der Waals surface area (Å²) in [5.74, 6) is 0.988. The number of nitro groups is 2. The number of anilines is 1. The molecule has 0 radical (unpaired) electrons. The summed E-state index contributed by atoms with van der Waals surface area (Å²) >= 11 is 0. The standard InChI is InChI=1S/C15H19N3O4/c1-8-7-12(17(19)20)14(15(9(8)2)18(21)22)16-13(10-3-4-10)11-5-6-11/h7,10-11,13,16H,3-6H2,1-2H3. The van der Waals surface area contributed by atoms with Gasteiger partial charge in [-0.05, 0) is 56.9 Å². The summed E-state index contributed by atoms with van der Waals surface area (Å²) in [5, 5.41) is 26.0. The van der Waals surface area contributed by atoms with Gasteiger partial charge < -0.3 is 5.32 Å². The zero-order valence-corrected chi connectivity index (χ0v) is 12.7. The number of hydrogen-bond acceptors (Lipinski definition) is 5. The zero-order valence-electron chi connectivity index (χ0n) is 12.7. The lowest BCUT2D eigenvalue weighted by atomic mass is 10.0. The molecule has 0 bridgehead atoms. The molecule has 22 heavy (non-hydrogen) atoms. The summed E-state index contributed by atoms with van der Waals surface area (Å²) < 4.78 is 0. The Labute approximate surface area is 128 Å². The number of rotatable bonds is 6. The van der Waals surface area contributed by atoms with Crippen molar-refractivity contribution in [2.24, 2.45) is 11.8 Å². The van der Waals surface area contributed by atoms with Crippen molar-refractivity contribution in [2.75, 3.05) is 5.32 Å². The molecule has 1 N–H and O–H groups in total. The van der Waals surface area contributed by atoms with Crippen molar-refractivity contribution in [3.63, 3.8) is 0 Å². The van der Waals surface area contributed by atoms with Crippen LogP contribution >= 0.6 is 0 Å². The molecule has 7 heteroatoms. The Morgan fingerprint density at radius 1 is 1.09 bits per heavy atom. The Kier molecular flexibility index (Phi) is 3.50. The SMILES string of the molecule is Cc1cc([N+](=O)[O-])c(NC(C2CC2)C2CC2)c([N+](=O)[O-])c1C. The molecule has 0 heterocycles. The van der Waals surface area contributed by atoms with Crippen LogP contribution in [-0.2, 0) is 0 Å². The van der Waals surface area contributed by atoms with Crippen LogP contribution < -0.4 is 5.32 Å². The van der Waals surface area contributed by atoms with Crippen LogP contribution in [0.25, 0.3) is 0 Å². The summed E-state index contributed by atoms with van der Waals surface area (Å²) in [6, 6.07) is 1.56. The van der Waals surface area contributed by atoms with Gasteiger partial charge in [0.25, 0.3) is 5.69 Å². The third-order valence-corrected chi connectivity index (χ3v) is 4.74. The highest BCUT2D eigenvalue weighted by atomic mass is 16.6. The lowest BCUT2D eigenvalue weighted by Gasteiger charge is -2.20. The van der Waals surface area contributed by atoms with E-state index in [1.54, 1.807) is 13.8 Å². The lowest BCUT2D eigenvalue weighted by Crippen LogP contribution is -2.25. The molecule has 1 aromatic carbocycles. The van der Waals surface area contributed by atoms with Gasteiger partial charge in [0.15, 0.2) is 5.69 Å². The number of nitro benzene ring substituents is 2. The Morgan fingerprint density at radius 2 is 1.64 bits per heavy atom. The minimum atomic E-state index is -0.529. The molecule has 2 aliphatic carbocycles. The average molecular weight is 305 g/mol. The van der Waals surface area contributed by atoms with Gasteiger partial charge in [-0.3, -0.25) is 20.2 Å². The van der Waals surface area contributed by atoms with Gasteiger partial charge in [-0.1, -0.05) is 0 Å². The van der Waals surface area contributed by atoms with Gasteiger partial charge in [0, 0.05) is 17.7 Å². The van der Waals surface area contributed by atoms with Crippen LogP contribution in [-0.4, -0.2) is 15.9 Å². The first kappa shape index (κ1) is 14.7. The molecule has 118 valence electrons. The average Bonchev–Trinajstić information content (AvgIpc) is 3.31. The minimum Gasteiger partial charge on any atom is -0.371 e. The lowest BCUT2D eigenvalue weighted by molar-refractivity contribution is -0.392. The van der Waals surface area contributed by atoms with E-state index >= 15 is 0 Å². The van der Waals surface area contributed by atoms with E-state index in [-0.39, 0.29) is 23.1 Å². The van der Waals surface area contributed by atoms with E-state index in [1.165, 1.54) is 6.07 Å². The molecule has 0 spiro atoms. The Balaban J connectivity index is 2.08. The van der Waals surface area contributed by atoms with Crippen LogP contribution in [0.1, 0.15) is 36.8 Å². The monoisotopic (exact) mass is 305 g/mol. The topological polar surface area (TPSA) is 98.3 Å². The predicted molar refractivity (Wildman–Crippen MR) is 82.1 cm³/mol. The van der Waals surface area contributed by atoms with Gasteiger partial charge in [0.2, 0.25) is 0 Å². The summed E-state index contributed by atoms with van der Waals surface area (Å²) in [7, 11) is 0. The largest absolute Gasteiger partial charge is 0.371 e. The van der Waals surface area contributed by atoms with Crippen LogP contribution in [0.15, 0.2) is 6.07 Å². The molecule has 7 nitrogen and oxygen atoms in total. The highest BCUT2D eigenvalue weighted by Crippen LogP contribution is 2.48. The van der Waals surface area contributed by atoms with Crippen molar-refractivity contribution in [2.45, 2.75) is 45.6 Å². The molecule has 0 atom stereocenters. The highest BCUT2D eigenvalue weighted by molar-refractivity contribution is 5.78. The molecule has 0 amide bonds. The summed E-state index contributed by atoms with van der Waals surface area (Å²) in [6.45, 7) is 3.31. The highest BCUT2D eigenvalue weighted by Gasteiger charge is 2.43. The van der Waals surface area contributed by atoms with E-state index in [0.717, 1.165) is 25.7 Å². The van der Waals surface area contributed by atoms with E-state index in [4.69, 9.17) is 0 Å². The van der Waals surface area contributed by atoms with Gasteiger partial charge in [-0.2, -0.15) is 0 Å². The zero-order chi connectivity index (χ0) is 16.0.